The summed E-state index contributed by atoms with van der Waals surface area (Å²) in [6.45, 7) is 4.65. The molecule has 0 radical (unpaired) electrons. The van der Waals surface area contributed by atoms with E-state index in [1.807, 2.05) is 6.07 Å². The molecule has 2 heterocycles. The van der Waals surface area contributed by atoms with Crippen LogP contribution >= 0.6 is 23.2 Å². The molecule has 3 aromatic rings. The van der Waals surface area contributed by atoms with Gasteiger partial charge in [-0.3, -0.25) is 4.90 Å². The standard InChI is InChI=1S/C23H24Cl2FN3O3S/c1-16-13-23(20(25)14-19(16)24)33(30,31)27-15-21(22-3-2-12-32-22)29-10-8-28(9-11-29)18-6-4-17(26)5-7-18/h2-7,12-14,21,27H,8-11,15H2,1H3. The van der Waals surface area contributed by atoms with E-state index in [0.717, 1.165) is 18.8 Å². The van der Waals surface area contributed by atoms with Crippen molar-refractivity contribution in [3.63, 3.8) is 0 Å². The number of anilines is 1. The molecule has 6 nitrogen and oxygen atoms in total. The highest BCUT2D eigenvalue weighted by Gasteiger charge is 2.29. The monoisotopic (exact) mass is 511 g/mol. The van der Waals surface area contributed by atoms with Gasteiger partial charge in [-0.15, -0.1) is 0 Å². The first-order valence-corrected chi connectivity index (χ1v) is 12.7. The van der Waals surface area contributed by atoms with Crippen LogP contribution in [0.5, 0.6) is 0 Å². The Morgan fingerprint density at radius 3 is 2.39 bits per heavy atom. The number of piperazine rings is 1. The van der Waals surface area contributed by atoms with Gasteiger partial charge in [0.1, 0.15) is 16.5 Å². The van der Waals surface area contributed by atoms with Crippen LogP contribution in [0, 0.1) is 12.7 Å². The van der Waals surface area contributed by atoms with E-state index in [1.165, 1.54) is 24.3 Å². The van der Waals surface area contributed by atoms with Crippen molar-refractivity contribution >= 4 is 38.9 Å². The van der Waals surface area contributed by atoms with Crippen molar-refractivity contribution in [2.75, 3.05) is 37.6 Å². The van der Waals surface area contributed by atoms with Gasteiger partial charge in [-0.1, -0.05) is 23.2 Å². The Morgan fingerprint density at radius 2 is 1.76 bits per heavy atom. The lowest BCUT2D eigenvalue weighted by atomic mass is 10.1. The van der Waals surface area contributed by atoms with Gasteiger partial charge < -0.3 is 9.32 Å². The van der Waals surface area contributed by atoms with E-state index in [-0.39, 0.29) is 28.3 Å². The lowest BCUT2D eigenvalue weighted by Gasteiger charge is -2.39. The Hall–Kier alpha value is -2.10. The minimum atomic E-state index is -3.87. The molecule has 0 bridgehead atoms. The molecule has 0 saturated carbocycles. The third-order valence-corrected chi connectivity index (χ3v) is 8.08. The van der Waals surface area contributed by atoms with Crippen LogP contribution in [-0.2, 0) is 10.0 Å². The van der Waals surface area contributed by atoms with E-state index in [2.05, 4.69) is 14.5 Å². The minimum Gasteiger partial charge on any atom is -0.468 e. The number of benzene rings is 2. The molecule has 2 aromatic carbocycles. The van der Waals surface area contributed by atoms with Crippen molar-refractivity contribution in [2.24, 2.45) is 0 Å². The van der Waals surface area contributed by atoms with Crippen LogP contribution in [0.2, 0.25) is 10.0 Å². The maximum Gasteiger partial charge on any atom is 0.242 e. The second-order valence-corrected chi connectivity index (χ2v) is 10.5. The summed E-state index contributed by atoms with van der Waals surface area (Å²) in [5, 5.41) is 0.479. The number of hydrogen-bond donors (Lipinski definition) is 1. The summed E-state index contributed by atoms with van der Waals surface area (Å²) in [7, 11) is -3.87. The summed E-state index contributed by atoms with van der Waals surface area (Å²) in [5.74, 6) is 0.407. The maximum atomic E-state index is 13.2. The van der Waals surface area contributed by atoms with E-state index >= 15 is 0 Å². The maximum absolute atomic E-state index is 13.2. The lowest BCUT2D eigenvalue weighted by Crippen LogP contribution is -2.49. The third kappa shape index (κ3) is 5.53. The van der Waals surface area contributed by atoms with Gasteiger partial charge in [0.25, 0.3) is 0 Å². The minimum absolute atomic E-state index is 0.00890. The lowest BCUT2D eigenvalue weighted by molar-refractivity contribution is 0.166. The average molecular weight is 512 g/mol. The fraction of sp³-hybridized carbons (Fsp3) is 0.304. The van der Waals surface area contributed by atoms with Crippen molar-refractivity contribution < 1.29 is 17.2 Å². The van der Waals surface area contributed by atoms with Crippen LogP contribution in [-0.4, -0.2) is 46.0 Å². The van der Waals surface area contributed by atoms with E-state index in [1.54, 1.807) is 31.4 Å². The van der Waals surface area contributed by atoms with Crippen LogP contribution in [0.3, 0.4) is 0 Å². The van der Waals surface area contributed by atoms with Crippen molar-refractivity contribution in [1.29, 1.82) is 0 Å². The molecule has 0 spiro atoms. The highest BCUT2D eigenvalue weighted by atomic mass is 35.5. The molecule has 1 aromatic heterocycles. The molecular weight excluding hydrogens is 488 g/mol. The SMILES string of the molecule is Cc1cc(S(=O)(=O)NCC(c2ccco2)N2CCN(c3ccc(F)cc3)CC2)c(Cl)cc1Cl. The molecule has 10 heteroatoms. The Bertz CT molecular complexity index is 1200. The number of rotatable bonds is 7. The number of sulfonamides is 1. The molecule has 4 rings (SSSR count). The Kier molecular flexibility index (Phi) is 7.31. The quantitative estimate of drug-likeness (QED) is 0.489. The molecule has 0 aliphatic carbocycles. The van der Waals surface area contributed by atoms with E-state index in [4.69, 9.17) is 27.6 Å². The topological polar surface area (TPSA) is 65.8 Å². The molecule has 1 unspecified atom stereocenters. The zero-order chi connectivity index (χ0) is 23.6. The van der Waals surface area contributed by atoms with Gasteiger partial charge >= 0.3 is 0 Å². The molecule has 1 N–H and O–H groups in total. The van der Waals surface area contributed by atoms with Gasteiger partial charge in [-0.2, -0.15) is 0 Å². The summed E-state index contributed by atoms with van der Waals surface area (Å²) in [4.78, 5) is 4.34. The molecule has 1 saturated heterocycles. The number of furan rings is 1. The molecule has 1 aliphatic heterocycles. The number of halogens is 3. The largest absolute Gasteiger partial charge is 0.468 e. The molecule has 33 heavy (non-hydrogen) atoms. The summed E-state index contributed by atoms with van der Waals surface area (Å²) in [6.07, 6.45) is 1.57. The number of nitrogens with zero attached hydrogens (tertiary/aromatic N) is 2. The summed E-state index contributed by atoms with van der Waals surface area (Å²) in [5.41, 5.74) is 1.58. The van der Waals surface area contributed by atoms with Gasteiger partial charge in [0.2, 0.25) is 10.0 Å². The summed E-state index contributed by atoms with van der Waals surface area (Å²) < 4.78 is 47.6. The fourth-order valence-electron chi connectivity index (χ4n) is 3.94. The van der Waals surface area contributed by atoms with E-state index < -0.39 is 10.0 Å². The molecule has 1 aliphatic rings. The van der Waals surface area contributed by atoms with E-state index in [9.17, 15) is 12.8 Å². The van der Waals surface area contributed by atoms with Crippen LogP contribution < -0.4 is 9.62 Å². The van der Waals surface area contributed by atoms with Crippen molar-refractivity contribution in [3.05, 3.63) is 82.0 Å². The van der Waals surface area contributed by atoms with Gasteiger partial charge in [0, 0.05) is 43.4 Å². The Balaban J connectivity index is 1.48. The van der Waals surface area contributed by atoms with Gasteiger partial charge in [0.05, 0.1) is 17.3 Å². The van der Waals surface area contributed by atoms with Crippen LogP contribution in [0.1, 0.15) is 17.4 Å². The second-order valence-electron chi connectivity index (χ2n) is 7.91. The molecule has 0 amide bonds. The van der Waals surface area contributed by atoms with Crippen molar-refractivity contribution in [3.8, 4) is 0 Å². The number of aryl methyl sites for hydroxylation is 1. The fourth-order valence-corrected chi connectivity index (χ4v) is 5.81. The highest BCUT2D eigenvalue weighted by Crippen LogP contribution is 2.29. The predicted octanol–water partition coefficient (Wildman–Crippen LogP) is 4.88. The zero-order valence-corrected chi connectivity index (χ0v) is 20.3. The summed E-state index contributed by atoms with van der Waals surface area (Å²) in [6, 6.07) is 12.7. The second kappa shape index (κ2) is 10.0. The third-order valence-electron chi connectivity index (χ3n) is 5.79. The van der Waals surface area contributed by atoms with Gasteiger partial charge in [-0.05, 0) is 61.0 Å². The van der Waals surface area contributed by atoms with Gasteiger partial charge in [-0.25, -0.2) is 17.5 Å². The molecule has 176 valence electrons. The van der Waals surface area contributed by atoms with Crippen LogP contribution in [0.4, 0.5) is 10.1 Å². The van der Waals surface area contributed by atoms with Crippen molar-refractivity contribution in [2.45, 2.75) is 17.9 Å². The van der Waals surface area contributed by atoms with Crippen LogP contribution in [0.15, 0.2) is 64.1 Å². The first-order valence-electron chi connectivity index (χ1n) is 10.5. The van der Waals surface area contributed by atoms with E-state index in [0.29, 0.717) is 29.4 Å². The first kappa shape index (κ1) is 24.0. The zero-order valence-electron chi connectivity index (χ0n) is 18.0. The Morgan fingerprint density at radius 1 is 1.06 bits per heavy atom. The number of hydrogen-bond acceptors (Lipinski definition) is 5. The van der Waals surface area contributed by atoms with Crippen molar-refractivity contribution in [1.82, 2.24) is 9.62 Å². The van der Waals surface area contributed by atoms with Crippen LogP contribution in [0.25, 0.3) is 0 Å². The Labute approximate surface area is 202 Å². The molecule has 1 atom stereocenters. The first-order chi connectivity index (χ1) is 15.7. The summed E-state index contributed by atoms with van der Waals surface area (Å²) >= 11 is 12.2. The molecular formula is C23H24Cl2FN3O3S. The smallest absolute Gasteiger partial charge is 0.242 e. The van der Waals surface area contributed by atoms with Gasteiger partial charge in [0.15, 0.2) is 0 Å². The molecule has 1 fully saturated rings. The predicted molar refractivity (Wildman–Crippen MR) is 128 cm³/mol. The number of nitrogens with one attached hydrogen (secondary N) is 1. The normalized spacial score (nSPS) is 16.2. The highest BCUT2D eigenvalue weighted by molar-refractivity contribution is 7.89. The average Bonchev–Trinajstić information content (AvgIpc) is 3.32.